The van der Waals surface area contributed by atoms with Gasteiger partial charge >= 0.3 is 6.18 Å². The molecule has 4 aromatic heterocycles. The second-order valence-corrected chi connectivity index (χ2v) is 7.85. The summed E-state index contributed by atoms with van der Waals surface area (Å²) in [6, 6.07) is 7.36. The number of carbonyl (C=O) groups excluding carboxylic acids is 1. The van der Waals surface area contributed by atoms with Crippen molar-refractivity contribution in [1.82, 2.24) is 24.4 Å². The number of anilines is 1. The molecule has 9 nitrogen and oxygen atoms in total. The molecule has 0 fully saturated rings. The molecule has 0 aliphatic carbocycles. The van der Waals surface area contributed by atoms with Gasteiger partial charge in [-0.1, -0.05) is 11.6 Å². The summed E-state index contributed by atoms with van der Waals surface area (Å²) in [4.78, 5) is 17.0. The molecule has 0 unspecified atom stereocenters. The molecule has 4 aromatic rings. The van der Waals surface area contributed by atoms with Crippen LogP contribution in [0.4, 0.5) is 18.9 Å². The van der Waals surface area contributed by atoms with E-state index < -0.39 is 23.3 Å². The fraction of sp³-hybridized carbons (Fsp3) is 0.227. The topological polar surface area (TPSA) is 121 Å². The minimum Gasteiger partial charge on any atom is -0.396 e. The highest BCUT2D eigenvalue weighted by Crippen LogP contribution is 2.35. The van der Waals surface area contributed by atoms with Crippen molar-refractivity contribution >= 4 is 28.7 Å². The minimum absolute atomic E-state index is 0.00943. The van der Waals surface area contributed by atoms with Gasteiger partial charge in [0, 0.05) is 6.61 Å². The van der Waals surface area contributed by atoms with Gasteiger partial charge in [-0.15, -0.1) is 0 Å². The number of aliphatic hydroxyl groups is 1. The lowest BCUT2D eigenvalue weighted by Gasteiger charge is -2.14. The zero-order valence-corrected chi connectivity index (χ0v) is 18.7. The van der Waals surface area contributed by atoms with Crippen molar-refractivity contribution in [2.24, 2.45) is 0 Å². The van der Waals surface area contributed by atoms with E-state index in [4.69, 9.17) is 16.7 Å². The van der Waals surface area contributed by atoms with Crippen LogP contribution in [0.1, 0.15) is 40.3 Å². The van der Waals surface area contributed by atoms with E-state index in [9.17, 15) is 23.2 Å². The van der Waals surface area contributed by atoms with Crippen molar-refractivity contribution < 1.29 is 23.1 Å². The first-order chi connectivity index (χ1) is 16.7. The normalized spacial score (nSPS) is 11.5. The average molecular weight is 504 g/mol. The van der Waals surface area contributed by atoms with Crippen molar-refractivity contribution in [2.75, 3.05) is 11.9 Å². The summed E-state index contributed by atoms with van der Waals surface area (Å²) in [5, 5.41) is 28.5. The van der Waals surface area contributed by atoms with Crippen LogP contribution in [0.2, 0.25) is 5.02 Å². The van der Waals surface area contributed by atoms with E-state index in [1.807, 2.05) is 6.07 Å². The number of aryl methyl sites for hydroxylation is 1. The quantitative estimate of drug-likeness (QED) is 0.367. The zero-order valence-electron chi connectivity index (χ0n) is 17.9. The highest BCUT2D eigenvalue weighted by Gasteiger charge is 2.41. The number of rotatable bonds is 7. The number of aliphatic hydroxyl groups excluding tert-OH is 1. The van der Waals surface area contributed by atoms with Gasteiger partial charge < -0.3 is 10.4 Å². The number of alkyl halides is 3. The molecule has 0 spiro atoms. The van der Waals surface area contributed by atoms with Crippen LogP contribution in [0.3, 0.4) is 0 Å². The molecule has 0 aliphatic rings. The maximum atomic E-state index is 14.1. The van der Waals surface area contributed by atoms with E-state index in [0.29, 0.717) is 29.6 Å². The number of nitrogens with one attached hydrogen (secondary N) is 1. The van der Waals surface area contributed by atoms with Crippen molar-refractivity contribution in [3.63, 3.8) is 0 Å². The summed E-state index contributed by atoms with van der Waals surface area (Å²) in [6.07, 6.45) is 0.267. The van der Waals surface area contributed by atoms with Crippen LogP contribution in [-0.4, -0.2) is 42.0 Å². The largest absolute Gasteiger partial charge is 0.434 e. The Balaban J connectivity index is 1.68. The second-order valence-electron chi connectivity index (χ2n) is 7.45. The second kappa shape index (κ2) is 9.73. The maximum absolute atomic E-state index is 14.1. The highest BCUT2D eigenvalue weighted by molar-refractivity contribution is 6.31. The lowest BCUT2D eigenvalue weighted by atomic mass is 10.1. The molecular formula is C22H17ClF3N7O2. The molecule has 0 atom stereocenters. The number of hydrogen-bond donors (Lipinski definition) is 2. The van der Waals surface area contributed by atoms with Crippen molar-refractivity contribution in [2.45, 2.75) is 25.4 Å². The molecule has 13 heteroatoms. The van der Waals surface area contributed by atoms with Crippen LogP contribution in [0.25, 0.3) is 11.2 Å². The van der Waals surface area contributed by atoms with E-state index in [1.165, 1.54) is 41.2 Å². The van der Waals surface area contributed by atoms with Gasteiger partial charge in [0.05, 0.1) is 51.8 Å². The number of hydrogen-bond acceptors (Lipinski definition) is 6. The average Bonchev–Trinajstić information content (AvgIpc) is 3.48. The molecule has 0 saturated carbocycles. The summed E-state index contributed by atoms with van der Waals surface area (Å²) in [5.74, 6) is -1.05. The van der Waals surface area contributed by atoms with Gasteiger partial charge in [-0.2, -0.15) is 28.6 Å². The van der Waals surface area contributed by atoms with Crippen molar-refractivity contribution in [1.29, 1.82) is 5.26 Å². The number of nitriles is 1. The Bertz CT molecular complexity index is 1440. The number of amides is 1. The third-order valence-electron chi connectivity index (χ3n) is 5.15. The molecular weight excluding hydrogens is 487 g/mol. The van der Waals surface area contributed by atoms with Gasteiger partial charge in [0.2, 0.25) is 0 Å². The standard InChI is InChI=1S/C22H17ClF3N7O2/c23-16-9-13(11-28-17(16)3-1-2-8-34)31-21(35)15-12-30-33(20(15)22(24,25)26)18-5-4-14(10-27)32-19(18)6-7-29-32/h4-7,9,11-12,34H,1-3,8H2,(H,31,35). The van der Waals surface area contributed by atoms with Crippen LogP contribution < -0.4 is 5.32 Å². The number of halogens is 4. The van der Waals surface area contributed by atoms with Gasteiger partial charge in [-0.25, -0.2) is 9.20 Å². The summed E-state index contributed by atoms with van der Waals surface area (Å²) < 4.78 is 44.1. The number of fused-ring (bicyclic) bond motifs is 1. The van der Waals surface area contributed by atoms with Crippen LogP contribution in [0.15, 0.2) is 42.9 Å². The summed E-state index contributed by atoms with van der Waals surface area (Å²) >= 11 is 6.19. The van der Waals surface area contributed by atoms with Gasteiger partial charge in [-0.3, -0.25) is 9.78 Å². The van der Waals surface area contributed by atoms with Crippen LogP contribution in [0.5, 0.6) is 0 Å². The number of aromatic nitrogens is 5. The molecule has 4 rings (SSSR count). The van der Waals surface area contributed by atoms with E-state index >= 15 is 0 Å². The smallest absolute Gasteiger partial charge is 0.396 e. The molecule has 35 heavy (non-hydrogen) atoms. The van der Waals surface area contributed by atoms with E-state index in [0.717, 1.165) is 6.20 Å². The van der Waals surface area contributed by atoms with Gasteiger partial charge in [0.15, 0.2) is 5.69 Å². The van der Waals surface area contributed by atoms with Crippen LogP contribution >= 0.6 is 11.6 Å². The molecule has 0 aliphatic heterocycles. The zero-order chi connectivity index (χ0) is 25.2. The molecule has 180 valence electrons. The Morgan fingerprint density at radius 1 is 1.20 bits per heavy atom. The third kappa shape index (κ3) is 4.82. The molecule has 0 aromatic carbocycles. The Morgan fingerprint density at radius 3 is 2.69 bits per heavy atom. The summed E-state index contributed by atoms with van der Waals surface area (Å²) in [6.45, 7) is 0.0377. The number of carbonyl (C=O) groups is 1. The van der Waals surface area contributed by atoms with Crippen molar-refractivity contribution in [3.05, 3.63) is 70.5 Å². The molecule has 0 bridgehead atoms. The van der Waals surface area contributed by atoms with Gasteiger partial charge in [-0.05, 0) is 43.5 Å². The van der Waals surface area contributed by atoms with E-state index in [1.54, 1.807) is 0 Å². The predicted octanol–water partition coefficient (Wildman–Crippen LogP) is 4.03. The molecule has 0 radical (unpaired) electrons. The SMILES string of the molecule is N#Cc1ccc(-n2ncc(C(=O)Nc3cnc(CCCCO)c(Cl)c3)c2C(F)(F)F)c2ccnn12. The van der Waals surface area contributed by atoms with Crippen molar-refractivity contribution in [3.8, 4) is 11.8 Å². The first-order valence-corrected chi connectivity index (χ1v) is 10.7. The number of unbranched alkanes of at least 4 members (excludes halogenated alkanes) is 1. The van der Waals surface area contributed by atoms with E-state index in [-0.39, 0.29) is 34.2 Å². The first-order valence-electron chi connectivity index (χ1n) is 10.3. The van der Waals surface area contributed by atoms with E-state index in [2.05, 4.69) is 20.5 Å². The number of nitrogens with zero attached hydrogens (tertiary/aromatic N) is 6. The van der Waals surface area contributed by atoms with Gasteiger partial charge in [0.1, 0.15) is 11.8 Å². The molecule has 2 N–H and O–H groups in total. The lowest BCUT2D eigenvalue weighted by molar-refractivity contribution is -0.143. The summed E-state index contributed by atoms with van der Waals surface area (Å²) in [7, 11) is 0. The fourth-order valence-electron chi connectivity index (χ4n) is 3.56. The van der Waals surface area contributed by atoms with Crippen LogP contribution in [0, 0.1) is 11.3 Å². The summed E-state index contributed by atoms with van der Waals surface area (Å²) in [5.41, 5.74) is -1.01. The minimum atomic E-state index is -4.93. The fourth-order valence-corrected chi connectivity index (χ4v) is 3.82. The maximum Gasteiger partial charge on any atom is 0.434 e. The Kier molecular flexibility index (Phi) is 6.72. The predicted molar refractivity (Wildman–Crippen MR) is 119 cm³/mol. The van der Waals surface area contributed by atoms with Gasteiger partial charge in [0.25, 0.3) is 5.91 Å². The number of pyridine rings is 2. The Morgan fingerprint density at radius 2 is 2.00 bits per heavy atom. The lowest BCUT2D eigenvalue weighted by Crippen LogP contribution is -2.21. The monoisotopic (exact) mass is 503 g/mol. The van der Waals surface area contributed by atoms with Crippen LogP contribution in [-0.2, 0) is 12.6 Å². The molecule has 1 amide bonds. The Hall–Kier alpha value is -3.95. The molecule has 4 heterocycles. The first kappa shape index (κ1) is 24.2. The Labute approximate surface area is 201 Å². The highest BCUT2D eigenvalue weighted by atomic mass is 35.5. The third-order valence-corrected chi connectivity index (χ3v) is 5.48. The molecule has 0 saturated heterocycles.